The average molecular weight is 519 g/mol. The van der Waals surface area contributed by atoms with Gasteiger partial charge in [0.15, 0.2) is 22.1 Å². The first-order valence-electron chi connectivity index (χ1n) is 12.5. The molecule has 0 radical (unpaired) electrons. The maximum atomic E-state index is 13.9. The minimum Gasteiger partial charge on any atom is -0.493 e. The van der Waals surface area contributed by atoms with E-state index in [1.165, 1.54) is 11.3 Å². The molecule has 2 aromatic heterocycles. The fourth-order valence-corrected chi connectivity index (χ4v) is 5.60. The molecule has 37 heavy (non-hydrogen) atoms. The second kappa shape index (κ2) is 10.0. The van der Waals surface area contributed by atoms with Gasteiger partial charge in [0.05, 0.1) is 36.4 Å². The van der Waals surface area contributed by atoms with Gasteiger partial charge in [0.1, 0.15) is 5.58 Å². The van der Waals surface area contributed by atoms with Crippen molar-refractivity contribution in [2.24, 2.45) is 0 Å². The molecular formula is C29H30N2O5S. The highest BCUT2D eigenvalue weighted by atomic mass is 32.1. The Morgan fingerprint density at radius 3 is 2.57 bits per heavy atom. The normalized spacial score (nSPS) is 14.9. The van der Waals surface area contributed by atoms with Crippen LogP contribution in [0, 0.1) is 20.8 Å². The largest absolute Gasteiger partial charge is 0.493 e. The van der Waals surface area contributed by atoms with Gasteiger partial charge in [0.25, 0.3) is 5.91 Å². The zero-order valence-corrected chi connectivity index (χ0v) is 22.5. The third-order valence-corrected chi connectivity index (χ3v) is 7.83. The van der Waals surface area contributed by atoms with Crippen molar-refractivity contribution in [3.05, 3.63) is 79.6 Å². The summed E-state index contributed by atoms with van der Waals surface area (Å²) in [5.74, 6) is 0.839. The monoisotopic (exact) mass is 518 g/mol. The van der Waals surface area contributed by atoms with Gasteiger partial charge in [-0.1, -0.05) is 37.5 Å². The molecule has 8 heteroatoms. The number of unbranched alkanes of at least 4 members (excludes halogenated alkanes) is 2. The third-order valence-electron chi connectivity index (χ3n) is 6.76. The first kappa shape index (κ1) is 25.0. The Balaban J connectivity index is 1.68. The third kappa shape index (κ3) is 4.39. The van der Waals surface area contributed by atoms with Crippen LogP contribution in [0.5, 0.6) is 11.5 Å². The number of nitrogens with zero attached hydrogens (tertiary/aromatic N) is 2. The molecule has 0 bridgehead atoms. The number of aryl methyl sites for hydroxylation is 3. The number of anilines is 1. The minimum absolute atomic E-state index is 0.0516. The number of amides is 1. The van der Waals surface area contributed by atoms with Crippen LogP contribution in [-0.4, -0.2) is 24.6 Å². The van der Waals surface area contributed by atoms with Gasteiger partial charge in [0.2, 0.25) is 5.76 Å². The molecule has 1 aliphatic rings. The van der Waals surface area contributed by atoms with Crippen LogP contribution in [0.15, 0.2) is 45.6 Å². The predicted octanol–water partition coefficient (Wildman–Crippen LogP) is 6.50. The smallest absolute Gasteiger partial charge is 0.297 e. The first-order valence-corrected chi connectivity index (χ1v) is 13.3. The summed E-state index contributed by atoms with van der Waals surface area (Å²) in [6.45, 7) is 8.53. The van der Waals surface area contributed by atoms with Gasteiger partial charge in [0, 0.05) is 4.88 Å². The number of carbonyl (C=O) groups is 1. The van der Waals surface area contributed by atoms with Crippen molar-refractivity contribution in [1.82, 2.24) is 4.98 Å². The van der Waals surface area contributed by atoms with Crippen molar-refractivity contribution in [3.63, 3.8) is 0 Å². The number of fused-ring (bicyclic) bond motifs is 2. The summed E-state index contributed by atoms with van der Waals surface area (Å²) in [6.07, 6.45) is 3.15. The molecule has 4 aromatic rings. The number of ether oxygens (including phenoxy) is 2. The van der Waals surface area contributed by atoms with Crippen molar-refractivity contribution in [2.45, 2.75) is 53.0 Å². The van der Waals surface area contributed by atoms with Crippen LogP contribution in [0.25, 0.3) is 11.0 Å². The number of carbonyl (C=O) groups excluding carboxylic acids is 1. The Bertz CT molecular complexity index is 1530. The molecule has 0 N–H and O–H groups in total. The molecule has 1 atom stereocenters. The number of aromatic nitrogens is 1. The average Bonchev–Trinajstić information content (AvgIpc) is 3.37. The van der Waals surface area contributed by atoms with Crippen LogP contribution in [0.1, 0.15) is 70.0 Å². The van der Waals surface area contributed by atoms with Gasteiger partial charge in [-0.2, -0.15) is 0 Å². The Kier molecular flexibility index (Phi) is 6.77. The molecule has 0 aliphatic carbocycles. The topological polar surface area (TPSA) is 81.9 Å². The summed E-state index contributed by atoms with van der Waals surface area (Å²) in [6, 6.07) is 10.2. The molecule has 0 saturated heterocycles. The lowest BCUT2D eigenvalue weighted by Crippen LogP contribution is -2.29. The van der Waals surface area contributed by atoms with Gasteiger partial charge < -0.3 is 13.9 Å². The van der Waals surface area contributed by atoms with E-state index in [0.29, 0.717) is 39.8 Å². The first-order chi connectivity index (χ1) is 17.8. The molecule has 0 saturated carbocycles. The van der Waals surface area contributed by atoms with E-state index in [9.17, 15) is 9.59 Å². The predicted molar refractivity (Wildman–Crippen MR) is 145 cm³/mol. The van der Waals surface area contributed by atoms with Gasteiger partial charge >= 0.3 is 0 Å². The number of rotatable bonds is 8. The summed E-state index contributed by atoms with van der Waals surface area (Å²) in [4.78, 5) is 34.9. The van der Waals surface area contributed by atoms with E-state index < -0.39 is 6.04 Å². The fourth-order valence-electron chi connectivity index (χ4n) is 4.67. The molecule has 7 nitrogen and oxygen atoms in total. The maximum absolute atomic E-state index is 13.9. The zero-order valence-electron chi connectivity index (χ0n) is 21.7. The number of thiazole rings is 1. The second-order valence-electron chi connectivity index (χ2n) is 9.36. The summed E-state index contributed by atoms with van der Waals surface area (Å²) < 4.78 is 17.7. The Hall–Kier alpha value is -3.65. The molecule has 0 fully saturated rings. The van der Waals surface area contributed by atoms with Gasteiger partial charge in [-0.3, -0.25) is 14.5 Å². The standard InChI is InChI=1S/C29H30N2O5S/c1-6-7-8-13-35-22-12-10-19(15-23(22)34-5)25-24-26(32)20-14-16(2)9-11-21(20)36-27(24)28(33)31(25)29-30-17(3)18(4)37-29/h9-12,14-15,25H,6-8,13H2,1-5H3. The van der Waals surface area contributed by atoms with E-state index in [4.69, 9.17) is 13.9 Å². The number of benzene rings is 2. The van der Waals surface area contributed by atoms with E-state index >= 15 is 0 Å². The van der Waals surface area contributed by atoms with Crippen molar-refractivity contribution in [3.8, 4) is 11.5 Å². The van der Waals surface area contributed by atoms with Crippen molar-refractivity contribution >= 4 is 33.3 Å². The van der Waals surface area contributed by atoms with Gasteiger partial charge in [-0.25, -0.2) is 4.98 Å². The highest BCUT2D eigenvalue weighted by Gasteiger charge is 2.45. The summed E-state index contributed by atoms with van der Waals surface area (Å²) in [5.41, 5.74) is 2.99. The van der Waals surface area contributed by atoms with E-state index in [1.807, 2.05) is 45.0 Å². The highest BCUT2D eigenvalue weighted by Crippen LogP contribution is 2.44. The van der Waals surface area contributed by atoms with Crippen LogP contribution in [-0.2, 0) is 0 Å². The van der Waals surface area contributed by atoms with Crippen LogP contribution in [0.4, 0.5) is 5.13 Å². The molecular weight excluding hydrogens is 488 g/mol. The Morgan fingerprint density at radius 2 is 1.86 bits per heavy atom. The van der Waals surface area contributed by atoms with Crippen LogP contribution >= 0.6 is 11.3 Å². The van der Waals surface area contributed by atoms with Gasteiger partial charge in [-0.15, -0.1) is 11.3 Å². The van der Waals surface area contributed by atoms with Crippen molar-refractivity contribution < 1.29 is 18.7 Å². The maximum Gasteiger partial charge on any atom is 0.297 e. The minimum atomic E-state index is -0.711. The summed E-state index contributed by atoms with van der Waals surface area (Å²) in [7, 11) is 1.59. The second-order valence-corrected chi connectivity index (χ2v) is 10.5. The van der Waals surface area contributed by atoms with E-state index in [0.717, 1.165) is 41.0 Å². The van der Waals surface area contributed by atoms with E-state index in [-0.39, 0.29) is 17.1 Å². The summed E-state index contributed by atoms with van der Waals surface area (Å²) >= 11 is 1.42. The molecule has 192 valence electrons. The lowest BCUT2D eigenvalue weighted by Gasteiger charge is -2.23. The molecule has 1 aliphatic heterocycles. The number of methoxy groups -OCH3 is 1. The lowest BCUT2D eigenvalue weighted by molar-refractivity contribution is 0.0971. The summed E-state index contributed by atoms with van der Waals surface area (Å²) in [5, 5.41) is 0.975. The lowest BCUT2D eigenvalue weighted by atomic mass is 9.98. The quantitative estimate of drug-likeness (QED) is 0.248. The SMILES string of the molecule is CCCCCOc1ccc(C2c3c(oc4ccc(C)cc4c3=O)C(=O)N2c2nc(C)c(C)s2)cc1OC. The fraction of sp³-hybridized carbons (Fsp3) is 0.345. The van der Waals surface area contributed by atoms with Gasteiger partial charge in [-0.05, 0) is 57.0 Å². The molecule has 2 aromatic carbocycles. The molecule has 0 spiro atoms. The van der Waals surface area contributed by atoms with Crippen molar-refractivity contribution in [2.75, 3.05) is 18.6 Å². The van der Waals surface area contributed by atoms with E-state index in [1.54, 1.807) is 24.1 Å². The Morgan fingerprint density at radius 1 is 1.05 bits per heavy atom. The Labute approximate surface area is 219 Å². The zero-order chi connectivity index (χ0) is 26.3. The van der Waals surface area contributed by atoms with E-state index in [2.05, 4.69) is 11.9 Å². The molecule has 3 heterocycles. The van der Waals surface area contributed by atoms with Crippen LogP contribution < -0.4 is 19.8 Å². The number of hydrogen-bond donors (Lipinski definition) is 0. The number of hydrogen-bond acceptors (Lipinski definition) is 7. The van der Waals surface area contributed by atoms with Crippen LogP contribution in [0.2, 0.25) is 0 Å². The molecule has 1 unspecified atom stereocenters. The van der Waals surface area contributed by atoms with Crippen molar-refractivity contribution in [1.29, 1.82) is 0 Å². The molecule has 1 amide bonds. The highest BCUT2D eigenvalue weighted by molar-refractivity contribution is 7.15. The van der Waals surface area contributed by atoms with Crippen LogP contribution in [0.3, 0.4) is 0 Å². The molecule has 5 rings (SSSR count).